The summed E-state index contributed by atoms with van der Waals surface area (Å²) in [7, 11) is -1.12. The number of rotatable bonds is 6. The molecule has 0 aliphatic carbocycles. The fraction of sp³-hybridized carbons (Fsp3) is 0.632. The standard InChI is InChI=1S/C19H31NOS/c1-8-19(5,21)22(6,7)13-15(2)16-10-9-11-17(12-16)18(3,4)14-20/h9-12,15,21H,8,13H2,1-7H3. The van der Waals surface area contributed by atoms with Crippen LogP contribution in [0, 0.1) is 11.3 Å². The van der Waals surface area contributed by atoms with E-state index in [0.29, 0.717) is 5.92 Å². The molecule has 1 aromatic carbocycles. The minimum atomic E-state index is -1.12. The third-order valence-corrected chi connectivity index (χ3v) is 8.97. The fourth-order valence-corrected chi connectivity index (χ4v) is 5.17. The lowest BCUT2D eigenvalue weighted by molar-refractivity contribution is 0.148. The van der Waals surface area contributed by atoms with E-state index < -0.39 is 20.4 Å². The average molecular weight is 322 g/mol. The van der Waals surface area contributed by atoms with Gasteiger partial charge in [0.1, 0.15) is 0 Å². The summed E-state index contributed by atoms with van der Waals surface area (Å²) in [6, 6.07) is 10.7. The first-order valence-electron chi connectivity index (χ1n) is 7.91. The highest BCUT2D eigenvalue weighted by atomic mass is 32.3. The number of hydrogen-bond donors (Lipinski definition) is 1. The Balaban J connectivity index is 3.03. The summed E-state index contributed by atoms with van der Waals surface area (Å²) in [5.41, 5.74) is 1.86. The number of aliphatic hydroxyl groups is 1. The highest BCUT2D eigenvalue weighted by Crippen LogP contribution is 2.55. The molecule has 2 nitrogen and oxygen atoms in total. The minimum absolute atomic E-state index is 0.373. The molecule has 0 amide bonds. The van der Waals surface area contributed by atoms with Crippen LogP contribution in [0.5, 0.6) is 0 Å². The normalized spacial score (nSPS) is 17.4. The molecule has 0 saturated heterocycles. The lowest BCUT2D eigenvalue weighted by atomic mass is 9.84. The van der Waals surface area contributed by atoms with E-state index in [9.17, 15) is 10.4 Å². The van der Waals surface area contributed by atoms with Crippen LogP contribution in [0.25, 0.3) is 0 Å². The van der Waals surface area contributed by atoms with Gasteiger partial charge in [-0.1, -0.05) is 38.1 Å². The Labute approximate surface area is 137 Å². The molecule has 0 radical (unpaired) electrons. The van der Waals surface area contributed by atoms with Gasteiger partial charge < -0.3 is 5.11 Å². The highest BCUT2D eigenvalue weighted by Gasteiger charge is 2.34. The highest BCUT2D eigenvalue weighted by molar-refractivity contribution is 8.33. The second-order valence-corrected chi connectivity index (χ2v) is 11.8. The molecule has 0 aromatic heterocycles. The van der Waals surface area contributed by atoms with E-state index in [1.807, 2.05) is 32.9 Å². The third-order valence-electron chi connectivity index (χ3n) is 4.97. The zero-order valence-corrected chi connectivity index (χ0v) is 15.9. The molecule has 0 bridgehead atoms. The molecule has 22 heavy (non-hydrogen) atoms. The first-order chi connectivity index (χ1) is 9.97. The Bertz CT molecular complexity index is 555. The molecule has 0 heterocycles. The minimum Gasteiger partial charge on any atom is -0.381 e. The van der Waals surface area contributed by atoms with Crippen molar-refractivity contribution in [2.45, 2.75) is 57.3 Å². The summed E-state index contributed by atoms with van der Waals surface area (Å²) in [4.78, 5) is -0.592. The summed E-state index contributed by atoms with van der Waals surface area (Å²) in [5.74, 6) is 1.36. The SMILES string of the molecule is CCC(C)(O)S(C)(C)CC(C)c1cccc(C(C)(C)C#N)c1. The molecule has 0 fully saturated rings. The van der Waals surface area contributed by atoms with E-state index in [2.05, 4.69) is 44.6 Å². The van der Waals surface area contributed by atoms with Gasteiger partial charge in [0, 0.05) is 0 Å². The molecule has 0 spiro atoms. The molecule has 2 atom stereocenters. The van der Waals surface area contributed by atoms with Gasteiger partial charge in [-0.3, -0.25) is 0 Å². The van der Waals surface area contributed by atoms with Crippen molar-refractivity contribution in [3.05, 3.63) is 35.4 Å². The number of nitrogens with zero attached hydrogens (tertiary/aromatic N) is 1. The molecular formula is C19H31NOS. The van der Waals surface area contributed by atoms with E-state index in [1.165, 1.54) is 5.56 Å². The average Bonchev–Trinajstić information content (AvgIpc) is 2.46. The molecule has 0 aliphatic rings. The Morgan fingerprint density at radius 3 is 2.36 bits per heavy atom. The van der Waals surface area contributed by atoms with Crippen molar-refractivity contribution in [3.63, 3.8) is 0 Å². The summed E-state index contributed by atoms with van der Waals surface area (Å²) >= 11 is 0. The Morgan fingerprint density at radius 2 is 1.86 bits per heavy atom. The van der Waals surface area contributed by atoms with Gasteiger partial charge in [-0.2, -0.15) is 5.26 Å². The molecule has 1 rings (SSSR count). The first-order valence-corrected chi connectivity index (χ1v) is 10.5. The summed E-state index contributed by atoms with van der Waals surface area (Å²) in [6.07, 6.45) is 5.22. The number of hydrogen-bond acceptors (Lipinski definition) is 2. The van der Waals surface area contributed by atoms with Gasteiger partial charge >= 0.3 is 0 Å². The fourth-order valence-electron chi connectivity index (χ4n) is 2.59. The summed E-state index contributed by atoms with van der Waals surface area (Å²) in [5, 5.41) is 20.0. The van der Waals surface area contributed by atoms with Gasteiger partial charge in [-0.15, -0.1) is 0 Å². The largest absolute Gasteiger partial charge is 0.381 e. The van der Waals surface area contributed by atoms with Crippen LogP contribution in [-0.4, -0.2) is 28.3 Å². The molecule has 1 aromatic rings. The summed E-state index contributed by atoms with van der Waals surface area (Å²) in [6.45, 7) is 10.1. The van der Waals surface area contributed by atoms with Crippen LogP contribution in [0.4, 0.5) is 0 Å². The van der Waals surface area contributed by atoms with Crippen LogP contribution in [0.2, 0.25) is 0 Å². The van der Waals surface area contributed by atoms with Crippen LogP contribution in [0.15, 0.2) is 24.3 Å². The van der Waals surface area contributed by atoms with E-state index >= 15 is 0 Å². The van der Waals surface area contributed by atoms with E-state index in [1.54, 1.807) is 0 Å². The van der Waals surface area contributed by atoms with Crippen molar-refractivity contribution in [2.75, 3.05) is 18.3 Å². The third kappa shape index (κ3) is 4.06. The summed E-state index contributed by atoms with van der Waals surface area (Å²) < 4.78 is 0. The Hall–Kier alpha value is -0.980. The Kier molecular flexibility index (Phi) is 5.76. The smallest absolute Gasteiger partial charge is 0.0916 e. The van der Waals surface area contributed by atoms with Gasteiger partial charge in [0.25, 0.3) is 0 Å². The van der Waals surface area contributed by atoms with Crippen LogP contribution < -0.4 is 0 Å². The van der Waals surface area contributed by atoms with Crippen molar-refractivity contribution >= 4 is 10.0 Å². The van der Waals surface area contributed by atoms with Gasteiger partial charge in [-0.25, -0.2) is 10.0 Å². The van der Waals surface area contributed by atoms with E-state index in [4.69, 9.17) is 0 Å². The van der Waals surface area contributed by atoms with Gasteiger partial charge in [0.15, 0.2) is 0 Å². The van der Waals surface area contributed by atoms with Crippen molar-refractivity contribution in [1.82, 2.24) is 0 Å². The van der Waals surface area contributed by atoms with Crippen LogP contribution >= 0.6 is 10.0 Å². The monoisotopic (exact) mass is 321 g/mol. The molecule has 1 N–H and O–H groups in total. The predicted molar refractivity (Wildman–Crippen MR) is 98.7 cm³/mol. The first kappa shape index (κ1) is 19.1. The van der Waals surface area contributed by atoms with Crippen LogP contribution in [-0.2, 0) is 5.41 Å². The molecule has 2 unspecified atom stereocenters. The lowest BCUT2D eigenvalue weighted by Crippen LogP contribution is -2.33. The van der Waals surface area contributed by atoms with E-state index in [0.717, 1.165) is 17.7 Å². The van der Waals surface area contributed by atoms with Crippen molar-refractivity contribution in [3.8, 4) is 6.07 Å². The maximum atomic E-state index is 10.7. The molecule has 124 valence electrons. The van der Waals surface area contributed by atoms with Gasteiger partial charge in [0.05, 0.1) is 16.4 Å². The van der Waals surface area contributed by atoms with Gasteiger partial charge in [0.2, 0.25) is 0 Å². The maximum absolute atomic E-state index is 10.7. The quantitative estimate of drug-likeness (QED) is 0.820. The van der Waals surface area contributed by atoms with Crippen molar-refractivity contribution < 1.29 is 5.11 Å². The molecule has 0 aliphatic heterocycles. The van der Waals surface area contributed by atoms with E-state index in [-0.39, 0.29) is 0 Å². The molecular weight excluding hydrogens is 290 g/mol. The van der Waals surface area contributed by atoms with Crippen LogP contribution in [0.1, 0.15) is 58.1 Å². The lowest BCUT2D eigenvalue weighted by Gasteiger charge is -2.46. The van der Waals surface area contributed by atoms with Crippen LogP contribution in [0.3, 0.4) is 0 Å². The topological polar surface area (TPSA) is 44.0 Å². The zero-order valence-electron chi connectivity index (χ0n) is 15.1. The maximum Gasteiger partial charge on any atom is 0.0916 e. The second kappa shape index (κ2) is 6.64. The van der Waals surface area contributed by atoms with Crippen molar-refractivity contribution in [2.24, 2.45) is 0 Å². The Morgan fingerprint density at radius 1 is 1.27 bits per heavy atom. The predicted octanol–water partition coefficient (Wildman–Crippen LogP) is 4.77. The second-order valence-electron chi connectivity index (χ2n) is 7.50. The number of nitriles is 1. The van der Waals surface area contributed by atoms with Gasteiger partial charge in [-0.05, 0) is 62.5 Å². The van der Waals surface area contributed by atoms with Crippen molar-refractivity contribution in [1.29, 1.82) is 5.26 Å². The number of benzene rings is 1. The molecule has 0 saturated carbocycles. The zero-order chi connectivity index (χ0) is 17.2. The molecule has 3 heteroatoms.